The Morgan fingerprint density at radius 1 is 1.05 bits per heavy atom. The van der Waals surface area contributed by atoms with E-state index in [2.05, 4.69) is 22.5 Å². The van der Waals surface area contributed by atoms with E-state index in [0.29, 0.717) is 45.2 Å². The summed E-state index contributed by atoms with van der Waals surface area (Å²) in [6.45, 7) is 12.0. The first-order chi connectivity index (χ1) is 18.1. The zero-order valence-corrected chi connectivity index (χ0v) is 23.1. The number of carbonyl (C=O) groups excluding carboxylic acids is 4. The summed E-state index contributed by atoms with van der Waals surface area (Å²) in [6.07, 6.45) is 8.58. The number of hydrogen-bond donors (Lipinski definition) is 3. The largest absolute Gasteiger partial charge is 0.379 e. The number of nitrogens with one attached hydrogen (secondary N) is 3. The maximum Gasteiger partial charge on any atom is 0.243 e. The molecule has 0 aromatic heterocycles. The van der Waals surface area contributed by atoms with Gasteiger partial charge in [0.25, 0.3) is 0 Å². The fraction of sp³-hybridized carbons (Fsp3) is 0.714. The molecule has 0 aromatic carbocycles. The molecule has 3 amide bonds. The molecule has 10 heteroatoms. The summed E-state index contributed by atoms with van der Waals surface area (Å²) >= 11 is 0. The van der Waals surface area contributed by atoms with Gasteiger partial charge in [-0.2, -0.15) is 0 Å². The van der Waals surface area contributed by atoms with Crippen LogP contribution >= 0.6 is 0 Å². The Morgan fingerprint density at radius 2 is 1.68 bits per heavy atom. The van der Waals surface area contributed by atoms with Crippen molar-refractivity contribution < 1.29 is 28.7 Å². The molecule has 0 aromatic rings. The Kier molecular flexibility index (Phi) is 11.1. The van der Waals surface area contributed by atoms with Crippen molar-refractivity contribution in [2.75, 3.05) is 39.5 Å². The number of ether oxygens (including phenoxy) is 2. The van der Waals surface area contributed by atoms with E-state index < -0.39 is 35.5 Å². The topological polar surface area (TPSA) is 129 Å². The standard InChI is InChI=1S/C28H44N4O6/c1-5-20(6-2)15-23(31-26(35)19(3)29-24(33)17-32-11-13-37-14-12-32)27(36)30-22(16-21-9-7-8-10-21)25(34)28(4)18-38-28/h5-6,19,21-23H,1,7-18H2,2-4H3,(H,29,33)(H,30,36)(H,31,35)/b20-6+. The number of epoxide rings is 1. The average Bonchev–Trinajstić information content (AvgIpc) is 3.44. The zero-order valence-electron chi connectivity index (χ0n) is 23.1. The molecular weight excluding hydrogens is 488 g/mol. The molecular formula is C28H44N4O6. The third-order valence-corrected chi connectivity index (χ3v) is 7.72. The van der Waals surface area contributed by atoms with E-state index in [1.54, 1.807) is 19.9 Å². The first-order valence-electron chi connectivity index (χ1n) is 13.8. The van der Waals surface area contributed by atoms with Gasteiger partial charge in [0, 0.05) is 19.5 Å². The summed E-state index contributed by atoms with van der Waals surface area (Å²) in [4.78, 5) is 54.2. The quantitative estimate of drug-likeness (QED) is 0.227. The van der Waals surface area contributed by atoms with E-state index in [1.807, 2.05) is 17.9 Å². The van der Waals surface area contributed by atoms with Gasteiger partial charge in [0.2, 0.25) is 17.7 Å². The molecule has 3 N–H and O–H groups in total. The number of Topliss-reactive ketones (excluding diaryl/α,β-unsaturated/α-hetero) is 1. The van der Waals surface area contributed by atoms with E-state index >= 15 is 0 Å². The normalized spacial score (nSPS) is 24.7. The molecule has 212 valence electrons. The lowest BCUT2D eigenvalue weighted by atomic mass is 9.90. The van der Waals surface area contributed by atoms with Crippen molar-refractivity contribution >= 4 is 23.5 Å². The van der Waals surface area contributed by atoms with Crippen LogP contribution in [0.25, 0.3) is 0 Å². The average molecular weight is 533 g/mol. The van der Waals surface area contributed by atoms with Crippen LogP contribution in [0.15, 0.2) is 24.3 Å². The molecule has 2 saturated heterocycles. The molecule has 0 bridgehead atoms. The number of allylic oxidation sites excluding steroid dienone is 2. The van der Waals surface area contributed by atoms with E-state index in [0.717, 1.165) is 31.3 Å². The summed E-state index contributed by atoms with van der Waals surface area (Å²) in [5.74, 6) is -0.930. The highest BCUT2D eigenvalue weighted by atomic mass is 16.6. The monoisotopic (exact) mass is 532 g/mol. The van der Waals surface area contributed by atoms with Crippen molar-refractivity contribution in [2.24, 2.45) is 5.92 Å². The maximum absolute atomic E-state index is 13.5. The van der Waals surface area contributed by atoms with Crippen molar-refractivity contribution in [3.63, 3.8) is 0 Å². The number of nitrogens with zero attached hydrogens (tertiary/aromatic N) is 1. The number of amides is 3. The molecule has 3 rings (SSSR count). The molecule has 0 spiro atoms. The fourth-order valence-corrected chi connectivity index (χ4v) is 5.08. The molecule has 10 nitrogen and oxygen atoms in total. The van der Waals surface area contributed by atoms with E-state index in [1.165, 1.54) is 0 Å². The van der Waals surface area contributed by atoms with Crippen LogP contribution in [0, 0.1) is 5.92 Å². The minimum Gasteiger partial charge on any atom is -0.379 e. The van der Waals surface area contributed by atoms with Crippen molar-refractivity contribution in [1.29, 1.82) is 0 Å². The minimum atomic E-state index is -0.933. The third-order valence-electron chi connectivity index (χ3n) is 7.72. The first-order valence-corrected chi connectivity index (χ1v) is 13.8. The van der Waals surface area contributed by atoms with Gasteiger partial charge in [0.05, 0.1) is 32.4 Å². The van der Waals surface area contributed by atoms with Crippen LogP contribution in [0.2, 0.25) is 0 Å². The van der Waals surface area contributed by atoms with Crippen LogP contribution in [0.5, 0.6) is 0 Å². The van der Waals surface area contributed by atoms with Crippen molar-refractivity contribution in [2.45, 2.75) is 83.0 Å². The van der Waals surface area contributed by atoms with Crippen LogP contribution in [0.4, 0.5) is 0 Å². The highest BCUT2D eigenvalue weighted by Crippen LogP contribution is 2.33. The highest BCUT2D eigenvalue weighted by molar-refractivity contribution is 5.98. The van der Waals surface area contributed by atoms with Crippen LogP contribution in [-0.4, -0.2) is 91.6 Å². The van der Waals surface area contributed by atoms with Gasteiger partial charge in [-0.15, -0.1) is 0 Å². The lowest BCUT2D eigenvalue weighted by molar-refractivity contribution is -0.134. The van der Waals surface area contributed by atoms with Gasteiger partial charge in [0.1, 0.15) is 17.7 Å². The predicted octanol–water partition coefficient (Wildman–Crippen LogP) is 1.25. The van der Waals surface area contributed by atoms with Crippen LogP contribution in [-0.2, 0) is 28.7 Å². The second-order valence-electron chi connectivity index (χ2n) is 10.8. The van der Waals surface area contributed by atoms with Gasteiger partial charge in [-0.1, -0.05) is 50.0 Å². The molecule has 1 saturated carbocycles. The Balaban J connectivity index is 1.64. The summed E-state index contributed by atoms with van der Waals surface area (Å²) < 4.78 is 10.7. The molecule has 2 aliphatic heterocycles. The minimum absolute atomic E-state index is 0.124. The summed E-state index contributed by atoms with van der Waals surface area (Å²) in [5, 5.41) is 8.44. The second kappa shape index (κ2) is 14.0. The highest BCUT2D eigenvalue weighted by Gasteiger charge is 2.50. The molecule has 2 heterocycles. The molecule has 3 fully saturated rings. The van der Waals surface area contributed by atoms with E-state index in [4.69, 9.17) is 9.47 Å². The van der Waals surface area contributed by atoms with Gasteiger partial charge in [-0.25, -0.2) is 0 Å². The Hall–Kier alpha value is -2.56. The Bertz CT molecular complexity index is 903. The SMILES string of the molecule is C=C/C(=C\C)CC(NC(=O)C(C)NC(=O)CN1CCOCC1)C(=O)NC(CC1CCCC1)C(=O)C1(C)CO1. The van der Waals surface area contributed by atoms with Crippen molar-refractivity contribution in [1.82, 2.24) is 20.9 Å². The fourth-order valence-electron chi connectivity index (χ4n) is 5.08. The van der Waals surface area contributed by atoms with Gasteiger partial charge in [-0.05, 0) is 33.1 Å². The summed E-state index contributed by atoms with van der Waals surface area (Å²) in [6, 6.07) is -2.45. The summed E-state index contributed by atoms with van der Waals surface area (Å²) in [5.41, 5.74) is -0.0740. The first kappa shape index (κ1) is 30.0. The van der Waals surface area contributed by atoms with Crippen LogP contribution in [0.1, 0.15) is 59.3 Å². The number of hydrogen-bond acceptors (Lipinski definition) is 7. The summed E-state index contributed by atoms with van der Waals surface area (Å²) in [7, 11) is 0. The second-order valence-corrected chi connectivity index (χ2v) is 10.8. The smallest absolute Gasteiger partial charge is 0.243 e. The molecule has 0 radical (unpaired) electrons. The lowest BCUT2D eigenvalue weighted by Gasteiger charge is -2.27. The molecule has 4 unspecified atom stereocenters. The number of rotatable bonds is 14. The predicted molar refractivity (Wildman–Crippen MR) is 143 cm³/mol. The van der Waals surface area contributed by atoms with Gasteiger partial charge in [0.15, 0.2) is 5.78 Å². The number of carbonyl (C=O) groups is 4. The zero-order chi connectivity index (χ0) is 27.7. The molecule has 4 atom stereocenters. The van der Waals surface area contributed by atoms with Gasteiger partial charge < -0.3 is 25.4 Å². The lowest BCUT2D eigenvalue weighted by Crippen LogP contribution is -2.57. The van der Waals surface area contributed by atoms with Gasteiger partial charge in [-0.3, -0.25) is 24.1 Å². The third kappa shape index (κ3) is 8.74. The molecule has 3 aliphatic rings. The van der Waals surface area contributed by atoms with Crippen molar-refractivity contribution in [3.8, 4) is 0 Å². The van der Waals surface area contributed by atoms with Crippen molar-refractivity contribution in [3.05, 3.63) is 24.3 Å². The molecule has 1 aliphatic carbocycles. The van der Waals surface area contributed by atoms with Crippen LogP contribution < -0.4 is 16.0 Å². The van der Waals surface area contributed by atoms with Crippen LogP contribution in [0.3, 0.4) is 0 Å². The van der Waals surface area contributed by atoms with E-state index in [9.17, 15) is 19.2 Å². The molecule has 38 heavy (non-hydrogen) atoms. The van der Waals surface area contributed by atoms with E-state index in [-0.39, 0.29) is 24.7 Å². The Morgan fingerprint density at radius 3 is 2.26 bits per heavy atom. The maximum atomic E-state index is 13.5. The number of ketones is 1. The number of morpholine rings is 1. The van der Waals surface area contributed by atoms with Gasteiger partial charge >= 0.3 is 0 Å². The Labute approximate surface area is 225 Å².